The minimum absolute atomic E-state index is 0.285. The summed E-state index contributed by atoms with van der Waals surface area (Å²) in [5.41, 5.74) is 0. The van der Waals surface area contributed by atoms with Gasteiger partial charge in [0.05, 0.1) is 13.2 Å². The van der Waals surface area contributed by atoms with E-state index in [4.69, 9.17) is 5.11 Å². The van der Waals surface area contributed by atoms with Crippen LogP contribution >= 0.6 is 22.6 Å². The van der Waals surface area contributed by atoms with E-state index in [9.17, 15) is 4.91 Å². The Morgan fingerprint density at radius 2 is 2.24 bits per heavy atom. The molecule has 0 radical (unpaired) electrons. The number of alkyl halides is 1. The van der Waals surface area contributed by atoms with Gasteiger partial charge in [-0.15, -0.1) is 0 Å². The van der Waals surface area contributed by atoms with E-state index in [2.05, 4.69) is 34.7 Å². The van der Waals surface area contributed by atoms with Crippen LogP contribution < -0.4 is 0 Å². The molecule has 17 heavy (non-hydrogen) atoms. The molecule has 0 amide bonds. The summed E-state index contributed by atoms with van der Waals surface area (Å²) >= 11 is 2.34. The number of nitrogens with zero attached hydrogens (tertiary/aromatic N) is 1. The van der Waals surface area contributed by atoms with E-state index in [1.807, 2.05) is 0 Å². The van der Waals surface area contributed by atoms with Gasteiger partial charge in [-0.1, -0.05) is 54.0 Å². The van der Waals surface area contributed by atoms with Crippen molar-refractivity contribution in [1.29, 1.82) is 0 Å². The first-order chi connectivity index (χ1) is 8.17. The van der Waals surface area contributed by atoms with Crippen LogP contribution in [0.2, 0.25) is 0 Å². The van der Waals surface area contributed by atoms with Crippen LogP contribution in [0.1, 0.15) is 45.4 Å². The largest absolute Gasteiger partial charge is 0.395 e. The minimum atomic E-state index is 0.285. The minimum Gasteiger partial charge on any atom is -0.395 e. The Bertz CT molecular complexity index is 225. The Morgan fingerprint density at radius 3 is 2.88 bits per heavy atom. The molecule has 3 nitrogen and oxygen atoms in total. The first-order valence-electron chi connectivity index (χ1n) is 6.71. The summed E-state index contributed by atoms with van der Waals surface area (Å²) in [7, 11) is 0. The second-order valence-electron chi connectivity index (χ2n) is 5.43. The van der Waals surface area contributed by atoms with Gasteiger partial charge in [-0.05, 0) is 37.0 Å². The average molecular weight is 353 g/mol. The van der Waals surface area contributed by atoms with E-state index < -0.39 is 0 Å². The highest BCUT2D eigenvalue weighted by Gasteiger charge is 2.26. The number of rotatable bonds is 6. The number of hydrogen-bond acceptors (Lipinski definition) is 3. The molecule has 1 N–H and O–H groups in total. The van der Waals surface area contributed by atoms with Crippen LogP contribution in [0.4, 0.5) is 0 Å². The van der Waals surface area contributed by atoms with Crippen molar-refractivity contribution in [2.45, 2.75) is 49.4 Å². The van der Waals surface area contributed by atoms with Crippen molar-refractivity contribution >= 4 is 22.6 Å². The van der Waals surface area contributed by atoms with Crippen molar-refractivity contribution < 1.29 is 5.11 Å². The van der Waals surface area contributed by atoms with Gasteiger partial charge in [0.15, 0.2) is 0 Å². The van der Waals surface area contributed by atoms with E-state index in [-0.39, 0.29) is 6.61 Å². The van der Waals surface area contributed by atoms with Crippen molar-refractivity contribution in [3.05, 3.63) is 4.91 Å². The summed E-state index contributed by atoms with van der Waals surface area (Å²) < 4.78 is 0.385. The van der Waals surface area contributed by atoms with Crippen LogP contribution in [0.25, 0.3) is 0 Å². The fraction of sp³-hybridized carbons (Fsp3) is 1.00. The van der Waals surface area contributed by atoms with E-state index in [1.54, 1.807) is 0 Å². The lowest BCUT2D eigenvalue weighted by atomic mass is 9.83. The maximum atomic E-state index is 10.3. The summed E-state index contributed by atoms with van der Waals surface area (Å²) in [6.07, 6.45) is 7.16. The van der Waals surface area contributed by atoms with Gasteiger partial charge >= 0.3 is 0 Å². The Hall–Kier alpha value is 0.290. The van der Waals surface area contributed by atoms with E-state index in [1.165, 1.54) is 25.7 Å². The van der Waals surface area contributed by atoms with Crippen molar-refractivity contribution in [3.8, 4) is 0 Å². The molecule has 0 bridgehead atoms. The molecule has 4 unspecified atom stereocenters. The Morgan fingerprint density at radius 1 is 1.47 bits per heavy atom. The van der Waals surface area contributed by atoms with E-state index in [0.29, 0.717) is 16.4 Å². The molecule has 0 spiro atoms. The van der Waals surface area contributed by atoms with Crippen molar-refractivity contribution in [3.63, 3.8) is 0 Å². The molecule has 100 valence electrons. The zero-order valence-electron chi connectivity index (χ0n) is 10.6. The second-order valence-corrected chi connectivity index (χ2v) is 7.19. The molecule has 0 saturated heterocycles. The zero-order valence-corrected chi connectivity index (χ0v) is 12.8. The molecular formula is C13H24INO2. The smallest absolute Gasteiger partial charge is 0.0813 e. The normalized spacial score (nSPS) is 31.8. The fourth-order valence-electron chi connectivity index (χ4n) is 3.01. The lowest BCUT2D eigenvalue weighted by Gasteiger charge is -2.24. The summed E-state index contributed by atoms with van der Waals surface area (Å²) in [6.45, 7) is 3.06. The van der Waals surface area contributed by atoms with Crippen molar-refractivity contribution in [2.75, 3.05) is 13.2 Å². The summed E-state index contributed by atoms with van der Waals surface area (Å²) in [5.74, 6) is 2.11. The van der Waals surface area contributed by atoms with E-state index in [0.717, 1.165) is 24.7 Å². The number of aliphatic hydroxyl groups is 1. The number of nitroso groups, excluding NO2 is 1. The second kappa shape index (κ2) is 8.40. The number of hydrogen-bond donors (Lipinski definition) is 1. The highest BCUT2D eigenvalue weighted by Crippen LogP contribution is 2.36. The van der Waals surface area contributed by atoms with Gasteiger partial charge in [0.1, 0.15) is 0 Å². The van der Waals surface area contributed by atoms with Gasteiger partial charge < -0.3 is 5.11 Å². The first kappa shape index (κ1) is 15.3. The fourth-order valence-corrected chi connectivity index (χ4v) is 3.73. The predicted octanol–water partition coefficient (Wildman–Crippen LogP) is 3.77. The third-order valence-electron chi connectivity index (χ3n) is 4.09. The zero-order chi connectivity index (χ0) is 12.7. The van der Waals surface area contributed by atoms with Gasteiger partial charge in [-0.25, -0.2) is 0 Å². The summed E-state index contributed by atoms with van der Waals surface area (Å²) in [6, 6.07) is 0. The van der Waals surface area contributed by atoms with Crippen LogP contribution in [0, 0.1) is 22.7 Å². The van der Waals surface area contributed by atoms with Crippen LogP contribution in [-0.4, -0.2) is 22.2 Å². The van der Waals surface area contributed by atoms with Gasteiger partial charge in [-0.3, -0.25) is 0 Å². The van der Waals surface area contributed by atoms with Gasteiger partial charge in [0.25, 0.3) is 0 Å². The van der Waals surface area contributed by atoms with Gasteiger partial charge in [0, 0.05) is 3.92 Å². The molecule has 1 saturated carbocycles. The van der Waals surface area contributed by atoms with Crippen LogP contribution in [0.5, 0.6) is 0 Å². The predicted molar refractivity (Wildman–Crippen MR) is 79.4 cm³/mol. The van der Waals surface area contributed by atoms with Crippen molar-refractivity contribution in [1.82, 2.24) is 0 Å². The molecule has 1 fully saturated rings. The molecule has 4 heteroatoms. The third-order valence-corrected chi connectivity index (χ3v) is 4.99. The standard InChI is InChI=1S/C13H24INO2/c1-10-3-2-4-11(8-13(14)9-16)7-12(10)5-6-15-17/h10-13,16H,2-9H2,1H3. The first-order valence-corrected chi connectivity index (χ1v) is 7.96. The van der Waals surface area contributed by atoms with Crippen LogP contribution in [0.15, 0.2) is 5.18 Å². The quantitative estimate of drug-likeness (QED) is 0.342. The molecular weight excluding hydrogens is 329 g/mol. The lowest BCUT2D eigenvalue weighted by Crippen LogP contribution is -2.17. The molecule has 0 aromatic heterocycles. The topological polar surface area (TPSA) is 49.7 Å². The monoisotopic (exact) mass is 353 g/mol. The summed E-state index contributed by atoms with van der Waals surface area (Å²) in [4.78, 5) is 10.3. The molecule has 0 aromatic rings. The average Bonchev–Trinajstić information content (AvgIpc) is 2.49. The molecule has 4 atom stereocenters. The highest BCUT2D eigenvalue weighted by molar-refractivity contribution is 14.1. The highest BCUT2D eigenvalue weighted by atomic mass is 127. The Kier molecular flexibility index (Phi) is 7.59. The van der Waals surface area contributed by atoms with Crippen LogP contribution in [0.3, 0.4) is 0 Å². The number of halogens is 1. The van der Waals surface area contributed by atoms with Crippen LogP contribution in [-0.2, 0) is 0 Å². The molecule has 1 aliphatic carbocycles. The van der Waals surface area contributed by atoms with E-state index >= 15 is 0 Å². The lowest BCUT2D eigenvalue weighted by molar-refractivity contribution is 0.256. The maximum absolute atomic E-state index is 10.3. The summed E-state index contributed by atoms with van der Waals surface area (Å²) in [5, 5.41) is 12.1. The number of aliphatic hydroxyl groups excluding tert-OH is 1. The molecule has 0 aliphatic heterocycles. The molecule has 0 heterocycles. The maximum Gasteiger partial charge on any atom is 0.0813 e. The molecule has 1 aliphatic rings. The molecule has 1 rings (SSSR count). The third kappa shape index (κ3) is 5.64. The Balaban J connectivity index is 2.47. The van der Waals surface area contributed by atoms with Crippen molar-refractivity contribution in [2.24, 2.45) is 22.9 Å². The van der Waals surface area contributed by atoms with Gasteiger partial charge in [-0.2, -0.15) is 4.91 Å². The Labute approximate surface area is 118 Å². The van der Waals surface area contributed by atoms with Gasteiger partial charge in [0.2, 0.25) is 0 Å². The SMILES string of the molecule is CC1CCCC(CC(I)CO)CC1CCN=O. The molecule has 0 aromatic carbocycles.